The zero-order valence-corrected chi connectivity index (χ0v) is 12.1. The van der Waals surface area contributed by atoms with Crippen molar-refractivity contribution in [2.75, 3.05) is 25.5 Å². The first-order valence-corrected chi connectivity index (χ1v) is 7.36. The van der Waals surface area contributed by atoms with Crippen LogP contribution in [0.3, 0.4) is 0 Å². The quantitative estimate of drug-likeness (QED) is 0.851. The molecule has 1 fully saturated rings. The predicted octanol–water partition coefficient (Wildman–Crippen LogP) is 1.40. The second-order valence-corrected chi connectivity index (χ2v) is 5.67. The van der Waals surface area contributed by atoms with Crippen molar-refractivity contribution in [1.82, 2.24) is 4.90 Å². The van der Waals surface area contributed by atoms with E-state index in [4.69, 9.17) is 9.84 Å². The molecular weight excluding hydrogens is 278 g/mol. The Hall–Kier alpha value is -1.53. The first kappa shape index (κ1) is 14.9. The van der Waals surface area contributed by atoms with Crippen LogP contribution in [0.15, 0.2) is 29.2 Å². The number of carbonyl (C=O) groups is 2. The number of carbonyl (C=O) groups excluding carboxylic acids is 1. The number of aliphatic carboxylic acids is 1. The average Bonchev–Trinajstić information content (AvgIpc) is 2.46. The Labute approximate surface area is 121 Å². The third-order valence-electron chi connectivity index (χ3n) is 3.12. The number of thioether (sulfide) groups is 1. The van der Waals surface area contributed by atoms with Crippen LogP contribution in [0.2, 0.25) is 0 Å². The molecule has 5 nitrogen and oxygen atoms in total. The maximum Gasteiger partial charge on any atom is 0.328 e. The molecule has 1 aromatic rings. The summed E-state index contributed by atoms with van der Waals surface area (Å²) in [7, 11) is 0. The number of morpholine rings is 1. The molecule has 0 radical (unpaired) electrons. The monoisotopic (exact) mass is 295 g/mol. The number of hydrogen-bond donors (Lipinski definition) is 1. The zero-order chi connectivity index (χ0) is 14.5. The molecule has 2 rings (SSSR count). The van der Waals surface area contributed by atoms with Crippen molar-refractivity contribution in [3.8, 4) is 0 Å². The fourth-order valence-corrected chi connectivity index (χ4v) is 2.75. The highest BCUT2D eigenvalue weighted by atomic mass is 32.2. The molecule has 1 heterocycles. The van der Waals surface area contributed by atoms with Crippen molar-refractivity contribution in [1.29, 1.82) is 0 Å². The van der Waals surface area contributed by atoms with E-state index in [1.807, 2.05) is 31.2 Å². The molecule has 0 aliphatic carbocycles. The Morgan fingerprint density at radius 3 is 2.75 bits per heavy atom. The van der Waals surface area contributed by atoms with E-state index in [-0.39, 0.29) is 18.3 Å². The lowest BCUT2D eigenvalue weighted by Gasteiger charge is -2.32. The molecule has 1 atom stereocenters. The Balaban J connectivity index is 1.93. The second kappa shape index (κ2) is 6.76. The number of hydrogen-bond acceptors (Lipinski definition) is 4. The first-order chi connectivity index (χ1) is 9.58. The molecule has 6 heteroatoms. The Morgan fingerprint density at radius 2 is 2.10 bits per heavy atom. The number of benzene rings is 1. The minimum Gasteiger partial charge on any atom is -0.480 e. The number of carboxylic acids is 1. The molecule has 1 unspecified atom stereocenters. The van der Waals surface area contributed by atoms with Gasteiger partial charge in [-0.1, -0.05) is 17.7 Å². The van der Waals surface area contributed by atoms with Crippen molar-refractivity contribution >= 4 is 23.6 Å². The highest BCUT2D eigenvalue weighted by Crippen LogP contribution is 2.20. The van der Waals surface area contributed by atoms with E-state index in [1.165, 1.54) is 22.2 Å². The van der Waals surface area contributed by atoms with Gasteiger partial charge in [-0.15, -0.1) is 11.8 Å². The maximum atomic E-state index is 12.1. The molecule has 1 aliphatic heterocycles. The van der Waals surface area contributed by atoms with Gasteiger partial charge in [-0.05, 0) is 19.1 Å². The average molecular weight is 295 g/mol. The summed E-state index contributed by atoms with van der Waals surface area (Å²) in [4.78, 5) is 25.6. The van der Waals surface area contributed by atoms with Gasteiger partial charge in [0.15, 0.2) is 6.04 Å². The third kappa shape index (κ3) is 3.74. The zero-order valence-electron chi connectivity index (χ0n) is 11.2. The maximum absolute atomic E-state index is 12.1. The van der Waals surface area contributed by atoms with Gasteiger partial charge in [0.1, 0.15) is 0 Å². The first-order valence-electron chi connectivity index (χ1n) is 6.37. The molecule has 1 saturated heterocycles. The lowest BCUT2D eigenvalue weighted by atomic mass is 10.2. The summed E-state index contributed by atoms with van der Waals surface area (Å²) >= 11 is 1.42. The number of amides is 1. The van der Waals surface area contributed by atoms with Crippen LogP contribution in [0.1, 0.15) is 5.56 Å². The fraction of sp³-hybridized carbons (Fsp3) is 0.429. The minimum atomic E-state index is -1.02. The molecule has 0 saturated carbocycles. The summed E-state index contributed by atoms with van der Waals surface area (Å²) in [6, 6.07) is 7.03. The van der Waals surface area contributed by atoms with Crippen molar-refractivity contribution in [3.63, 3.8) is 0 Å². The molecule has 1 N–H and O–H groups in total. The molecule has 0 spiro atoms. The van der Waals surface area contributed by atoms with Gasteiger partial charge >= 0.3 is 5.97 Å². The summed E-state index contributed by atoms with van der Waals surface area (Å²) in [5, 5.41) is 9.09. The number of rotatable bonds is 4. The number of nitrogens with zero attached hydrogens (tertiary/aromatic N) is 1. The largest absolute Gasteiger partial charge is 0.480 e. The van der Waals surface area contributed by atoms with Gasteiger partial charge in [-0.25, -0.2) is 4.79 Å². The SMILES string of the molecule is Cc1ccc(SCC(=O)N2CCOCC2C(=O)O)cc1. The van der Waals surface area contributed by atoms with Gasteiger partial charge in [0.2, 0.25) is 5.91 Å². The van der Waals surface area contributed by atoms with Gasteiger partial charge in [0, 0.05) is 11.4 Å². The molecular formula is C14H17NO4S. The summed E-state index contributed by atoms with van der Waals surface area (Å²) in [5.74, 6) is -0.933. The highest BCUT2D eigenvalue weighted by molar-refractivity contribution is 8.00. The van der Waals surface area contributed by atoms with Crippen LogP contribution in [0.4, 0.5) is 0 Å². The third-order valence-corrected chi connectivity index (χ3v) is 4.11. The smallest absolute Gasteiger partial charge is 0.328 e. The van der Waals surface area contributed by atoms with Crippen LogP contribution in [-0.2, 0) is 14.3 Å². The van der Waals surface area contributed by atoms with Crippen LogP contribution in [0.5, 0.6) is 0 Å². The van der Waals surface area contributed by atoms with Gasteiger partial charge in [-0.3, -0.25) is 4.79 Å². The molecule has 1 amide bonds. The lowest BCUT2D eigenvalue weighted by molar-refractivity contribution is -0.157. The fourth-order valence-electron chi connectivity index (χ4n) is 1.97. The number of carboxylic acid groups (broad SMARTS) is 1. The van der Waals surface area contributed by atoms with E-state index in [9.17, 15) is 9.59 Å². The molecule has 108 valence electrons. The van der Waals surface area contributed by atoms with E-state index in [0.29, 0.717) is 13.2 Å². The van der Waals surface area contributed by atoms with Crippen molar-refractivity contribution < 1.29 is 19.4 Å². The van der Waals surface area contributed by atoms with Gasteiger partial charge < -0.3 is 14.7 Å². The second-order valence-electron chi connectivity index (χ2n) is 4.62. The molecule has 0 bridgehead atoms. The van der Waals surface area contributed by atoms with E-state index in [2.05, 4.69) is 0 Å². The standard InChI is InChI=1S/C14H17NO4S/c1-10-2-4-11(5-3-10)20-9-13(16)15-6-7-19-8-12(15)14(17)18/h2-5,12H,6-9H2,1H3,(H,17,18). The van der Waals surface area contributed by atoms with Crippen molar-refractivity contribution in [2.24, 2.45) is 0 Å². The van der Waals surface area contributed by atoms with Crippen LogP contribution in [0.25, 0.3) is 0 Å². The molecule has 1 aromatic carbocycles. The normalized spacial score (nSPS) is 18.9. The summed E-state index contributed by atoms with van der Waals surface area (Å²) in [6.45, 7) is 2.80. The van der Waals surface area contributed by atoms with Gasteiger partial charge in [0.25, 0.3) is 0 Å². The Morgan fingerprint density at radius 1 is 1.40 bits per heavy atom. The summed E-state index contributed by atoms with van der Waals surface area (Å²) < 4.78 is 5.12. The molecule has 20 heavy (non-hydrogen) atoms. The topological polar surface area (TPSA) is 66.8 Å². The molecule has 1 aliphatic rings. The summed E-state index contributed by atoms with van der Waals surface area (Å²) in [6.07, 6.45) is 0. The Kier molecular flexibility index (Phi) is 5.03. The van der Waals surface area contributed by atoms with Crippen molar-refractivity contribution in [3.05, 3.63) is 29.8 Å². The van der Waals surface area contributed by atoms with Crippen LogP contribution < -0.4 is 0 Å². The predicted molar refractivity (Wildman–Crippen MR) is 75.9 cm³/mol. The van der Waals surface area contributed by atoms with E-state index < -0.39 is 12.0 Å². The lowest BCUT2D eigenvalue weighted by Crippen LogP contribution is -2.53. The summed E-state index contributed by atoms with van der Waals surface area (Å²) in [5.41, 5.74) is 1.17. The van der Waals surface area contributed by atoms with E-state index >= 15 is 0 Å². The van der Waals surface area contributed by atoms with Gasteiger partial charge in [-0.2, -0.15) is 0 Å². The van der Waals surface area contributed by atoms with Crippen LogP contribution in [-0.4, -0.2) is 53.4 Å². The Bertz CT molecular complexity index is 488. The minimum absolute atomic E-state index is 0.0657. The van der Waals surface area contributed by atoms with Gasteiger partial charge in [0.05, 0.1) is 19.0 Å². The molecule has 0 aromatic heterocycles. The van der Waals surface area contributed by atoms with Crippen molar-refractivity contribution in [2.45, 2.75) is 17.9 Å². The van der Waals surface area contributed by atoms with Crippen LogP contribution in [0, 0.1) is 6.92 Å². The van der Waals surface area contributed by atoms with E-state index in [1.54, 1.807) is 0 Å². The van der Waals surface area contributed by atoms with E-state index in [0.717, 1.165) is 4.90 Å². The number of aryl methyl sites for hydroxylation is 1. The highest BCUT2D eigenvalue weighted by Gasteiger charge is 2.32. The van der Waals surface area contributed by atoms with Crippen LogP contribution >= 0.6 is 11.8 Å². The number of ether oxygens (including phenoxy) is 1.